The highest BCUT2D eigenvalue weighted by molar-refractivity contribution is 6.34. The van der Waals surface area contributed by atoms with Crippen LogP contribution in [0.4, 0.5) is 5.69 Å². The summed E-state index contributed by atoms with van der Waals surface area (Å²) in [7, 11) is 0. The Bertz CT molecular complexity index is 731. The molecule has 108 valence electrons. The van der Waals surface area contributed by atoms with E-state index in [1.807, 2.05) is 0 Å². The van der Waals surface area contributed by atoms with E-state index in [9.17, 15) is 9.59 Å². The van der Waals surface area contributed by atoms with Gasteiger partial charge in [-0.1, -0.05) is 11.6 Å². The monoisotopic (exact) mass is 305 g/mol. The van der Waals surface area contributed by atoms with E-state index < -0.39 is 5.97 Å². The molecule has 1 aromatic heterocycles. The van der Waals surface area contributed by atoms with Crippen molar-refractivity contribution in [3.63, 3.8) is 0 Å². The third-order valence-electron chi connectivity index (χ3n) is 2.81. The molecule has 0 fully saturated rings. The number of carbonyl (C=O) groups excluding carboxylic acids is 1. The Labute approximate surface area is 125 Å². The van der Waals surface area contributed by atoms with Crippen molar-refractivity contribution in [1.82, 2.24) is 10.2 Å². The maximum atomic E-state index is 12.2. The van der Waals surface area contributed by atoms with Crippen LogP contribution in [0.5, 0.6) is 0 Å². The highest BCUT2D eigenvalue weighted by atomic mass is 35.5. The minimum Gasteiger partial charge on any atom is -0.478 e. The SMILES string of the molecule is Cc1cc(C(=O)Nc2ccc(C(=O)O)cc2Cl)c(C)nn1. The first-order valence-electron chi connectivity index (χ1n) is 6.03. The van der Waals surface area contributed by atoms with Crippen molar-refractivity contribution in [2.45, 2.75) is 13.8 Å². The van der Waals surface area contributed by atoms with Gasteiger partial charge < -0.3 is 10.4 Å². The normalized spacial score (nSPS) is 10.2. The number of carboxylic acids is 1. The Hall–Kier alpha value is -2.47. The molecule has 0 unspecified atom stereocenters. The van der Waals surface area contributed by atoms with E-state index in [4.69, 9.17) is 16.7 Å². The Kier molecular flexibility index (Phi) is 4.18. The molecule has 0 bridgehead atoms. The number of hydrogen-bond donors (Lipinski definition) is 2. The van der Waals surface area contributed by atoms with E-state index in [1.165, 1.54) is 18.2 Å². The first-order chi connectivity index (χ1) is 9.88. The summed E-state index contributed by atoms with van der Waals surface area (Å²) in [6.07, 6.45) is 0. The summed E-state index contributed by atoms with van der Waals surface area (Å²) in [6, 6.07) is 5.72. The largest absolute Gasteiger partial charge is 0.478 e. The number of aromatic carboxylic acids is 1. The number of halogens is 1. The van der Waals surface area contributed by atoms with Crippen molar-refractivity contribution >= 4 is 29.2 Å². The van der Waals surface area contributed by atoms with Crippen molar-refractivity contribution in [2.75, 3.05) is 5.32 Å². The fourth-order valence-electron chi connectivity index (χ4n) is 1.72. The molecule has 6 nitrogen and oxygen atoms in total. The van der Waals surface area contributed by atoms with Crippen molar-refractivity contribution in [3.05, 3.63) is 51.8 Å². The molecule has 7 heteroatoms. The lowest BCUT2D eigenvalue weighted by Crippen LogP contribution is -2.15. The van der Waals surface area contributed by atoms with Gasteiger partial charge in [0.2, 0.25) is 0 Å². The molecular formula is C14H12ClN3O3. The predicted octanol–water partition coefficient (Wildman–Crippen LogP) is 2.70. The smallest absolute Gasteiger partial charge is 0.335 e. The van der Waals surface area contributed by atoms with Gasteiger partial charge in [0.05, 0.1) is 33.2 Å². The molecule has 21 heavy (non-hydrogen) atoms. The highest BCUT2D eigenvalue weighted by Crippen LogP contribution is 2.24. The van der Waals surface area contributed by atoms with Gasteiger partial charge in [0.25, 0.3) is 5.91 Å². The minimum atomic E-state index is -1.08. The minimum absolute atomic E-state index is 0.0515. The average Bonchev–Trinajstić information content (AvgIpc) is 2.43. The maximum absolute atomic E-state index is 12.2. The van der Waals surface area contributed by atoms with Gasteiger partial charge in [-0.2, -0.15) is 10.2 Å². The number of carboxylic acid groups (broad SMARTS) is 1. The first kappa shape index (κ1) is 14.9. The number of nitrogens with one attached hydrogen (secondary N) is 1. The predicted molar refractivity (Wildman–Crippen MR) is 77.9 cm³/mol. The second-order valence-electron chi connectivity index (χ2n) is 4.44. The van der Waals surface area contributed by atoms with Crippen LogP contribution in [0.25, 0.3) is 0 Å². The number of amides is 1. The Morgan fingerprint density at radius 1 is 1.19 bits per heavy atom. The third kappa shape index (κ3) is 3.35. The molecule has 2 N–H and O–H groups in total. The van der Waals surface area contributed by atoms with Crippen LogP contribution in [0, 0.1) is 13.8 Å². The average molecular weight is 306 g/mol. The molecule has 0 aliphatic heterocycles. The van der Waals surface area contributed by atoms with Crippen LogP contribution >= 0.6 is 11.6 Å². The number of carbonyl (C=O) groups is 2. The zero-order chi connectivity index (χ0) is 15.6. The number of benzene rings is 1. The second kappa shape index (κ2) is 5.88. The number of rotatable bonds is 3. The number of anilines is 1. The topological polar surface area (TPSA) is 92.2 Å². The molecule has 0 saturated heterocycles. The molecule has 1 heterocycles. The highest BCUT2D eigenvalue weighted by Gasteiger charge is 2.14. The molecule has 0 radical (unpaired) electrons. The number of aryl methyl sites for hydroxylation is 2. The molecule has 2 aromatic rings. The van der Waals surface area contributed by atoms with Crippen LogP contribution in [-0.2, 0) is 0 Å². The van der Waals surface area contributed by atoms with E-state index in [0.717, 1.165) is 0 Å². The van der Waals surface area contributed by atoms with Crippen LogP contribution in [-0.4, -0.2) is 27.2 Å². The second-order valence-corrected chi connectivity index (χ2v) is 4.85. The van der Waals surface area contributed by atoms with E-state index >= 15 is 0 Å². The summed E-state index contributed by atoms with van der Waals surface area (Å²) < 4.78 is 0. The van der Waals surface area contributed by atoms with Gasteiger partial charge in [-0.05, 0) is 38.1 Å². The molecule has 1 amide bonds. The fourth-order valence-corrected chi connectivity index (χ4v) is 1.95. The van der Waals surface area contributed by atoms with Crippen LogP contribution < -0.4 is 5.32 Å². The number of aromatic nitrogens is 2. The lowest BCUT2D eigenvalue weighted by Gasteiger charge is -2.09. The first-order valence-corrected chi connectivity index (χ1v) is 6.41. The summed E-state index contributed by atoms with van der Waals surface area (Å²) in [5.41, 5.74) is 1.89. The van der Waals surface area contributed by atoms with Crippen molar-refractivity contribution in [3.8, 4) is 0 Å². The third-order valence-corrected chi connectivity index (χ3v) is 3.12. The molecule has 2 rings (SSSR count). The molecular weight excluding hydrogens is 294 g/mol. The lowest BCUT2D eigenvalue weighted by atomic mass is 10.1. The maximum Gasteiger partial charge on any atom is 0.335 e. The summed E-state index contributed by atoms with van der Waals surface area (Å²) in [5, 5.41) is 19.4. The van der Waals surface area contributed by atoms with Gasteiger partial charge >= 0.3 is 5.97 Å². The van der Waals surface area contributed by atoms with Crippen molar-refractivity contribution < 1.29 is 14.7 Å². The van der Waals surface area contributed by atoms with Crippen molar-refractivity contribution in [1.29, 1.82) is 0 Å². The van der Waals surface area contributed by atoms with Gasteiger partial charge in [-0.25, -0.2) is 4.79 Å². The summed E-state index contributed by atoms with van der Waals surface area (Å²) >= 11 is 5.97. The zero-order valence-electron chi connectivity index (χ0n) is 11.3. The van der Waals surface area contributed by atoms with Crippen LogP contribution in [0.15, 0.2) is 24.3 Å². The molecule has 0 aliphatic rings. The van der Waals surface area contributed by atoms with E-state index in [0.29, 0.717) is 22.6 Å². The summed E-state index contributed by atoms with van der Waals surface area (Å²) in [5.74, 6) is -1.46. The van der Waals surface area contributed by atoms with Gasteiger partial charge in [-0.3, -0.25) is 4.79 Å². The zero-order valence-corrected chi connectivity index (χ0v) is 12.1. The standard InChI is InChI=1S/C14H12ClN3O3/c1-7-5-10(8(2)18-17-7)13(19)16-12-4-3-9(14(20)21)6-11(12)15/h3-6H,1-2H3,(H,16,19)(H,20,21). The van der Waals surface area contributed by atoms with E-state index in [2.05, 4.69) is 15.5 Å². The lowest BCUT2D eigenvalue weighted by molar-refractivity contribution is 0.0696. The number of hydrogen-bond acceptors (Lipinski definition) is 4. The van der Waals surface area contributed by atoms with E-state index in [-0.39, 0.29) is 16.5 Å². The van der Waals surface area contributed by atoms with Gasteiger partial charge in [-0.15, -0.1) is 0 Å². The van der Waals surface area contributed by atoms with Crippen LogP contribution in [0.1, 0.15) is 32.1 Å². The molecule has 0 saturated carbocycles. The van der Waals surface area contributed by atoms with Gasteiger partial charge in [0.1, 0.15) is 0 Å². The van der Waals surface area contributed by atoms with Gasteiger partial charge in [0, 0.05) is 0 Å². The van der Waals surface area contributed by atoms with Gasteiger partial charge in [0.15, 0.2) is 0 Å². The fraction of sp³-hybridized carbons (Fsp3) is 0.143. The molecule has 0 aliphatic carbocycles. The molecule has 0 atom stereocenters. The Morgan fingerprint density at radius 3 is 2.52 bits per heavy atom. The van der Waals surface area contributed by atoms with Crippen molar-refractivity contribution in [2.24, 2.45) is 0 Å². The Balaban J connectivity index is 2.27. The quantitative estimate of drug-likeness (QED) is 0.909. The van der Waals surface area contributed by atoms with Crippen LogP contribution in [0.2, 0.25) is 5.02 Å². The van der Waals surface area contributed by atoms with E-state index in [1.54, 1.807) is 19.9 Å². The Morgan fingerprint density at radius 2 is 1.90 bits per heavy atom. The number of nitrogens with zero attached hydrogens (tertiary/aromatic N) is 2. The summed E-state index contributed by atoms with van der Waals surface area (Å²) in [6.45, 7) is 3.41. The molecule has 0 spiro atoms. The summed E-state index contributed by atoms with van der Waals surface area (Å²) in [4.78, 5) is 23.0. The van der Waals surface area contributed by atoms with Crippen LogP contribution in [0.3, 0.4) is 0 Å². The molecule has 1 aromatic carbocycles.